The van der Waals surface area contributed by atoms with Gasteiger partial charge in [-0.05, 0) is 7.05 Å². The van der Waals surface area contributed by atoms with Gasteiger partial charge in [-0.2, -0.15) is 0 Å². The van der Waals surface area contributed by atoms with Crippen molar-refractivity contribution >= 4 is 6.01 Å². The summed E-state index contributed by atoms with van der Waals surface area (Å²) in [6.07, 6.45) is 0. The lowest BCUT2D eigenvalue weighted by Gasteiger charge is -2.17. The van der Waals surface area contributed by atoms with Crippen LogP contribution in [0.5, 0.6) is 0 Å². The van der Waals surface area contributed by atoms with Crippen LogP contribution in [0.15, 0.2) is 4.42 Å². The van der Waals surface area contributed by atoms with Crippen LogP contribution in [-0.2, 0) is 11.3 Å². The predicted octanol–water partition coefficient (Wildman–Crippen LogP) is -0.766. The van der Waals surface area contributed by atoms with Crippen molar-refractivity contribution in [1.82, 2.24) is 15.5 Å². The molecular formula is C9H18N4O3. The SMILES string of the molecule is CNCc1nnc(N(CCO)CCOC)o1. The number of hydrogen-bond acceptors (Lipinski definition) is 7. The van der Waals surface area contributed by atoms with Gasteiger partial charge in [0, 0.05) is 20.2 Å². The summed E-state index contributed by atoms with van der Waals surface area (Å²) in [6, 6.07) is 0.413. The van der Waals surface area contributed by atoms with E-state index in [-0.39, 0.29) is 6.61 Å². The van der Waals surface area contributed by atoms with Gasteiger partial charge in [0.05, 0.1) is 19.8 Å². The van der Waals surface area contributed by atoms with Crippen LogP contribution >= 0.6 is 0 Å². The van der Waals surface area contributed by atoms with Gasteiger partial charge in [-0.25, -0.2) is 0 Å². The summed E-state index contributed by atoms with van der Waals surface area (Å²) in [4.78, 5) is 1.79. The van der Waals surface area contributed by atoms with E-state index in [4.69, 9.17) is 14.3 Å². The highest BCUT2D eigenvalue weighted by atomic mass is 16.5. The second kappa shape index (κ2) is 7.15. The number of hydrogen-bond donors (Lipinski definition) is 2. The molecule has 0 aliphatic heterocycles. The first-order chi connectivity index (χ1) is 7.81. The van der Waals surface area contributed by atoms with Crippen molar-refractivity contribution in [3.8, 4) is 0 Å². The van der Waals surface area contributed by atoms with Crippen LogP contribution in [0.4, 0.5) is 6.01 Å². The number of aromatic nitrogens is 2. The van der Waals surface area contributed by atoms with E-state index in [0.29, 0.717) is 38.1 Å². The first-order valence-electron chi connectivity index (χ1n) is 5.13. The second-order valence-corrected chi connectivity index (χ2v) is 3.21. The molecular weight excluding hydrogens is 212 g/mol. The van der Waals surface area contributed by atoms with Crippen molar-refractivity contribution in [1.29, 1.82) is 0 Å². The highest BCUT2D eigenvalue weighted by molar-refractivity contribution is 5.23. The zero-order chi connectivity index (χ0) is 11.8. The van der Waals surface area contributed by atoms with Crippen molar-refractivity contribution in [2.45, 2.75) is 6.54 Å². The molecule has 0 fully saturated rings. The molecule has 92 valence electrons. The lowest BCUT2D eigenvalue weighted by Crippen LogP contribution is -2.30. The van der Waals surface area contributed by atoms with E-state index in [1.54, 1.807) is 19.1 Å². The molecule has 16 heavy (non-hydrogen) atoms. The summed E-state index contributed by atoms with van der Waals surface area (Å²) >= 11 is 0. The van der Waals surface area contributed by atoms with Gasteiger partial charge in [0.1, 0.15) is 0 Å². The molecule has 0 aliphatic rings. The number of anilines is 1. The predicted molar refractivity (Wildman–Crippen MR) is 58.2 cm³/mol. The highest BCUT2D eigenvalue weighted by Crippen LogP contribution is 2.11. The molecule has 0 bridgehead atoms. The smallest absolute Gasteiger partial charge is 0.318 e. The molecule has 0 aliphatic carbocycles. The molecule has 0 saturated carbocycles. The van der Waals surface area contributed by atoms with Gasteiger partial charge in [0.2, 0.25) is 5.89 Å². The summed E-state index contributed by atoms with van der Waals surface area (Å²) in [6.45, 7) is 2.17. The van der Waals surface area contributed by atoms with Crippen LogP contribution in [0.3, 0.4) is 0 Å². The van der Waals surface area contributed by atoms with Crippen LogP contribution < -0.4 is 10.2 Å². The molecule has 1 heterocycles. The van der Waals surface area contributed by atoms with Crippen molar-refractivity contribution in [3.63, 3.8) is 0 Å². The molecule has 7 heteroatoms. The largest absolute Gasteiger partial charge is 0.407 e. The lowest BCUT2D eigenvalue weighted by atomic mass is 10.5. The maximum atomic E-state index is 8.92. The van der Waals surface area contributed by atoms with E-state index < -0.39 is 0 Å². The molecule has 0 aromatic carbocycles. The van der Waals surface area contributed by atoms with Gasteiger partial charge in [-0.3, -0.25) is 0 Å². The Balaban J connectivity index is 2.59. The monoisotopic (exact) mass is 230 g/mol. The third-order valence-electron chi connectivity index (χ3n) is 1.99. The Morgan fingerprint density at radius 1 is 1.44 bits per heavy atom. The van der Waals surface area contributed by atoms with E-state index >= 15 is 0 Å². The molecule has 7 nitrogen and oxygen atoms in total. The molecule has 0 unspecified atom stereocenters. The summed E-state index contributed by atoms with van der Waals surface area (Å²) in [5.41, 5.74) is 0. The van der Waals surface area contributed by atoms with Crippen LogP contribution in [0.25, 0.3) is 0 Å². The van der Waals surface area contributed by atoms with Crippen LogP contribution in [0, 0.1) is 0 Å². The molecule has 0 atom stereocenters. The van der Waals surface area contributed by atoms with E-state index in [2.05, 4.69) is 15.5 Å². The maximum absolute atomic E-state index is 8.92. The number of rotatable bonds is 8. The van der Waals surface area contributed by atoms with E-state index in [9.17, 15) is 0 Å². The van der Waals surface area contributed by atoms with Crippen molar-refractivity contribution < 1.29 is 14.3 Å². The second-order valence-electron chi connectivity index (χ2n) is 3.21. The molecule has 2 N–H and O–H groups in total. The Labute approximate surface area is 94.4 Å². The zero-order valence-corrected chi connectivity index (χ0v) is 9.64. The molecule has 1 aromatic rings. The fourth-order valence-corrected chi connectivity index (χ4v) is 1.22. The first kappa shape index (κ1) is 12.9. The van der Waals surface area contributed by atoms with Gasteiger partial charge in [-0.15, -0.1) is 5.10 Å². The third kappa shape index (κ3) is 3.76. The average Bonchev–Trinajstić information content (AvgIpc) is 2.73. The average molecular weight is 230 g/mol. The summed E-state index contributed by atoms with van der Waals surface area (Å²) in [7, 11) is 3.43. The molecule has 0 saturated heterocycles. The van der Waals surface area contributed by atoms with Crippen LogP contribution in [0.2, 0.25) is 0 Å². The standard InChI is InChI=1S/C9H18N4O3/c1-10-7-8-11-12-9(16-8)13(3-5-14)4-6-15-2/h10,14H,3-7H2,1-2H3. The number of ether oxygens (including phenoxy) is 1. The summed E-state index contributed by atoms with van der Waals surface area (Å²) in [5, 5.41) is 19.6. The normalized spacial score (nSPS) is 10.7. The van der Waals surface area contributed by atoms with E-state index in [1.165, 1.54) is 0 Å². The van der Waals surface area contributed by atoms with Crippen molar-refractivity contribution in [2.75, 3.05) is 45.4 Å². The maximum Gasteiger partial charge on any atom is 0.318 e. The molecule has 0 radical (unpaired) electrons. The Bertz CT molecular complexity index is 292. The minimum absolute atomic E-state index is 0.0352. The van der Waals surface area contributed by atoms with Gasteiger partial charge < -0.3 is 24.5 Å². The number of nitrogens with zero attached hydrogens (tertiary/aromatic N) is 3. The van der Waals surface area contributed by atoms with Crippen molar-refractivity contribution in [3.05, 3.63) is 5.89 Å². The summed E-state index contributed by atoms with van der Waals surface area (Å²) in [5.74, 6) is 0.526. The number of aliphatic hydroxyl groups excluding tert-OH is 1. The minimum Gasteiger partial charge on any atom is -0.407 e. The Hall–Kier alpha value is -1.18. The quantitative estimate of drug-likeness (QED) is 0.607. The Morgan fingerprint density at radius 3 is 2.88 bits per heavy atom. The number of methoxy groups -OCH3 is 1. The van der Waals surface area contributed by atoms with Gasteiger partial charge in [0.15, 0.2) is 0 Å². The van der Waals surface area contributed by atoms with E-state index in [0.717, 1.165) is 0 Å². The van der Waals surface area contributed by atoms with Crippen molar-refractivity contribution in [2.24, 2.45) is 0 Å². The topological polar surface area (TPSA) is 83.7 Å². The first-order valence-corrected chi connectivity index (χ1v) is 5.13. The minimum atomic E-state index is 0.0352. The zero-order valence-electron chi connectivity index (χ0n) is 9.64. The van der Waals surface area contributed by atoms with Gasteiger partial charge >= 0.3 is 6.01 Å². The van der Waals surface area contributed by atoms with Gasteiger partial charge in [-0.1, -0.05) is 5.10 Å². The highest BCUT2D eigenvalue weighted by Gasteiger charge is 2.13. The molecule has 0 amide bonds. The number of aliphatic hydroxyl groups is 1. The van der Waals surface area contributed by atoms with E-state index in [1.807, 2.05) is 0 Å². The Morgan fingerprint density at radius 2 is 2.25 bits per heavy atom. The van der Waals surface area contributed by atoms with Gasteiger partial charge in [0.25, 0.3) is 0 Å². The molecule has 1 rings (SSSR count). The van der Waals surface area contributed by atoms with Crippen LogP contribution in [-0.4, -0.2) is 55.8 Å². The Kier molecular flexibility index (Phi) is 5.76. The van der Waals surface area contributed by atoms with Crippen LogP contribution in [0.1, 0.15) is 5.89 Å². The fraction of sp³-hybridized carbons (Fsp3) is 0.778. The summed E-state index contributed by atoms with van der Waals surface area (Å²) < 4.78 is 10.4. The lowest BCUT2D eigenvalue weighted by molar-refractivity contribution is 0.201. The molecule has 0 spiro atoms. The number of nitrogens with one attached hydrogen (secondary N) is 1. The fourth-order valence-electron chi connectivity index (χ4n) is 1.22. The third-order valence-corrected chi connectivity index (χ3v) is 1.99. The molecule has 1 aromatic heterocycles.